The number of thiazole rings is 1. The van der Waals surface area contributed by atoms with Crippen LogP contribution in [0.5, 0.6) is 0 Å². The van der Waals surface area contributed by atoms with Gasteiger partial charge < -0.3 is 20.4 Å². The Hall–Kier alpha value is -2.02. The van der Waals surface area contributed by atoms with E-state index in [1.807, 2.05) is 18.7 Å². The number of amides is 1. The highest BCUT2D eigenvalue weighted by Gasteiger charge is 2.22. The number of anilines is 1. The van der Waals surface area contributed by atoms with E-state index in [1.54, 1.807) is 5.51 Å². The van der Waals surface area contributed by atoms with Crippen LogP contribution in [0.2, 0.25) is 0 Å². The lowest BCUT2D eigenvalue weighted by Gasteiger charge is -2.37. The van der Waals surface area contributed by atoms with Gasteiger partial charge in [0.1, 0.15) is 16.5 Å². The molecule has 1 amide bonds. The minimum atomic E-state index is -0.445. The van der Waals surface area contributed by atoms with Crippen LogP contribution in [0.15, 0.2) is 28.7 Å². The lowest BCUT2D eigenvalue weighted by molar-refractivity contribution is 0.0958. The Balaban J connectivity index is 0.00000341. The van der Waals surface area contributed by atoms with Crippen molar-refractivity contribution in [2.45, 2.75) is 13.8 Å². The molecule has 0 bridgehead atoms. The van der Waals surface area contributed by atoms with Crippen molar-refractivity contribution in [1.29, 1.82) is 0 Å². The van der Waals surface area contributed by atoms with Crippen LogP contribution in [0, 0.1) is 18.6 Å². The summed E-state index contributed by atoms with van der Waals surface area (Å²) in [6, 6.07) is 3.52. The Morgan fingerprint density at radius 2 is 1.97 bits per heavy atom. The fraction of sp³-hybridized carbons (Fsp3) is 0.450. The third kappa shape index (κ3) is 6.73. The zero-order valence-electron chi connectivity index (χ0n) is 17.5. The molecule has 1 aliphatic heterocycles. The largest absolute Gasteiger partial charge is 0.366 e. The van der Waals surface area contributed by atoms with E-state index < -0.39 is 11.6 Å². The van der Waals surface area contributed by atoms with Crippen LogP contribution in [0.4, 0.5) is 14.5 Å². The maximum absolute atomic E-state index is 14.0. The molecule has 2 N–H and O–H groups in total. The second-order valence-electron chi connectivity index (χ2n) is 6.83. The topological polar surface area (TPSA) is 72.9 Å². The molecule has 11 heteroatoms. The minimum absolute atomic E-state index is 0. The van der Waals surface area contributed by atoms with Gasteiger partial charge in [-0.05, 0) is 26.0 Å². The van der Waals surface area contributed by atoms with Crippen molar-refractivity contribution in [3.63, 3.8) is 0 Å². The van der Waals surface area contributed by atoms with Gasteiger partial charge in [0.25, 0.3) is 5.91 Å². The molecule has 1 fully saturated rings. The number of hydrogen-bond acceptors (Lipinski definition) is 5. The average molecular weight is 564 g/mol. The Labute approximate surface area is 202 Å². The number of rotatable bonds is 6. The Morgan fingerprint density at radius 3 is 2.61 bits per heavy atom. The maximum atomic E-state index is 14.0. The Morgan fingerprint density at radius 1 is 1.23 bits per heavy atom. The summed E-state index contributed by atoms with van der Waals surface area (Å²) in [4.78, 5) is 25.4. The predicted molar refractivity (Wildman–Crippen MR) is 131 cm³/mol. The summed E-state index contributed by atoms with van der Waals surface area (Å²) < 4.78 is 27.5. The Bertz CT molecular complexity index is 902. The number of halogens is 3. The zero-order chi connectivity index (χ0) is 21.5. The average Bonchev–Trinajstić information content (AvgIpc) is 3.18. The number of aromatic nitrogens is 1. The van der Waals surface area contributed by atoms with Crippen molar-refractivity contribution in [2.75, 3.05) is 50.7 Å². The van der Waals surface area contributed by atoms with Gasteiger partial charge in [0, 0.05) is 45.3 Å². The third-order valence-corrected chi connectivity index (χ3v) is 5.70. The van der Waals surface area contributed by atoms with Crippen LogP contribution < -0.4 is 15.5 Å². The van der Waals surface area contributed by atoms with Gasteiger partial charge in [0.15, 0.2) is 5.96 Å². The molecule has 7 nitrogen and oxygen atoms in total. The van der Waals surface area contributed by atoms with Crippen molar-refractivity contribution in [3.05, 3.63) is 45.9 Å². The third-order valence-electron chi connectivity index (χ3n) is 4.77. The smallest absolute Gasteiger partial charge is 0.263 e. The molecule has 1 aliphatic rings. The van der Waals surface area contributed by atoms with E-state index in [9.17, 15) is 13.6 Å². The number of nitrogens with one attached hydrogen (secondary N) is 2. The fourth-order valence-corrected chi connectivity index (χ4v) is 3.96. The molecule has 1 saturated heterocycles. The summed E-state index contributed by atoms with van der Waals surface area (Å²) in [5.74, 6) is -0.252. The van der Waals surface area contributed by atoms with Gasteiger partial charge in [-0.2, -0.15) is 0 Å². The first-order valence-electron chi connectivity index (χ1n) is 9.91. The highest BCUT2D eigenvalue weighted by atomic mass is 127. The van der Waals surface area contributed by atoms with Crippen LogP contribution in [0.3, 0.4) is 0 Å². The van der Waals surface area contributed by atoms with Crippen LogP contribution in [0.1, 0.15) is 22.3 Å². The first kappa shape index (κ1) is 25.2. The maximum Gasteiger partial charge on any atom is 0.263 e. The fourth-order valence-electron chi connectivity index (χ4n) is 3.24. The highest BCUT2D eigenvalue weighted by Crippen LogP contribution is 2.22. The summed E-state index contributed by atoms with van der Waals surface area (Å²) in [5, 5.41) is 6.11. The second kappa shape index (κ2) is 12.1. The van der Waals surface area contributed by atoms with Gasteiger partial charge in [0.05, 0.1) is 23.4 Å². The molecule has 2 aromatic rings. The molecular weight excluding hydrogens is 537 g/mol. The van der Waals surface area contributed by atoms with Crippen LogP contribution >= 0.6 is 35.3 Å². The summed E-state index contributed by atoms with van der Waals surface area (Å²) in [6.07, 6.45) is 0. The first-order valence-corrected chi connectivity index (χ1v) is 10.8. The summed E-state index contributed by atoms with van der Waals surface area (Å²) >= 11 is 1.32. The van der Waals surface area contributed by atoms with E-state index in [2.05, 4.69) is 25.5 Å². The molecule has 2 heterocycles. The molecule has 1 aromatic heterocycles. The normalized spacial score (nSPS) is 14.3. The SMILES string of the molecule is CCNC(=NCCNC(=O)c1scnc1C)N1CCN(c2cc(F)ccc2F)CC1.I. The van der Waals surface area contributed by atoms with Crippen molar-refractivity contribution >= 4 is 52.9 Å². The van der Waals surface area contributed by atoms with Gasteiger partial charge in [-0.15, -0.1) is 35.3 Å². The molecule has 0 spiro atoms. The number of piperazine rings is 1. The number of aryl methyl sites for hydroxylation is 1. The van der Waals surface area contributed by atoms with E-state index in [1.165, 1.54) is 17.4 Å². The first-order chi connectivity index (χ1) is 14.5. The van der Waals surface area contributed by atoms with Gasteiger partial charge in [-0.3, -0.25) is 9.79 Å². The number of aliphatic imine (C=N–C) groups is 1. The molecule has 1 aromatic carbocycles. The molecular formula is C20H27F2IN6OS. The zero-order valence-corrected chi connectivity index (χ0v) is 20.7. The molecule has 0 saturated carbocycles. The molecule has 3 rings (SSSR count). The number of carbonyl (C=O) groups excluding carboxylic acids is 1. The minimum Gasteiger partial charge on any atom is -0.366 e. The van der Waals surface area contributed by atoms with Gasteiger partial charge >= 0.3 is 0 Å². The number of nitrogens with zero attached hydrogens (tertiary/aromatic N) is 4. The van der Waals surface area contributed by atoms with Gasteiger partial charge in [-0.25, -0.2) is 13.8 Å². The van der Waals surface area contributed by atoms with Gasteiger partial charge in [0.2, 0.25) is 0 Å². The molecule has 0 unspecified atom stereocenters. The summed E-state index contributed by atoms with van der Waals surface area (Å²) in [7, 11) is 0. The summed E-state index contributed by atoms with van der Waals surface area (Å²) in [5.41, 5.74) is 2.67. The number of benzene rings is 1. The van der Waals surface area contributed by atoms with Gasteiger partial charge in [-0.1, -0.05) is 0 Å². The van der Waals surface area contributed by atoms with E-state index in [0.717, 1.165) is 23.8 Å². The van der Waals surface area contributed by atoms with Crippen LogP contribution in [0.25, 0.3) is 0 Å². The lowest BCUT2D eigenvalue weighted by Crippen LogP contribution is -2.53. The van der Waals surface area contributed by atoms with Crippen molar-refractivity contribution < 1.29 is 13.6 Å². The van der Waals surface area contributed by atoms with E-state index >= 15 is 0 Å². The molecule has 31 heavy (non-hydrogen) atoms. The van der Waals surface area contributed by atoms with E-state index in [4.69, 9.17) is 0 Å². The lowest BCUT2D eigenvalue weighted by atomic mass is 10.2. The second-order valence-corrected chi connectivity index (χ2v) is 7.68. The predicted octanol–water partition coefficient (Wildman–Crippen LogP) is 2.87. The monoisotopic (exact) mass is 564 g/mol. The Kier molecular flexibility index (Phi) is 9.88. The highest BCUT2D eigenvalue weighted by molar-refractivity contribution is 14.0. The van der Waals surface area contributed by atoms with Crippen molar-refractivity contribution in [2.24, 2.45) is 4.99 Å². The standard InChI is InChI=1S/C20H26F2N6OS.HI/c1-3-23-20(25-7-6-24-19(29)18-14(2)26-13-30-18)28-10-8-27(9-11-28)17-12-15(21)4-5-16(17)22;/h4-5,12-13H,3,6-11H2,1-2H3,(H,23,25)(H,24,29);1H. The quantitative estimate of drug-likeness (QED) is 0.245. The number of guanidine groups is 1. The van der Waals surface area contributed by atoms with Crippen LogP contribution in [-0.2, 0) is 0 Å². The van der Waals surface area contributed by atoms with E-state index in [-0.39, 0.29) is 35.6 Å². The van der Waals surface area contributed by atoms with Crippen molar-refractivity contribution in [1.82, 2.24) is 20.5 Å². The molecule has 0 aliphatic carbocycles. The summed E-state index contributed by atoms with van der Waals surface area (Å²) in [6.45, 7) is 7.75. The molecule has 170 valence electrons. The molecule has 0 atom stereocenters. The van der Waals surface area contributed by atoms with Crippen LogP contribution in [-0.4, -0.2) is 67.6 Å². The van der Waals surface area contributed by atoms with E-state index in [0.29, 0.717) is 50.7 Å². The number of carbonyl (C=O) groups is 1. The van der Waals surface area contributed by atoms with Crippen molar-refractivity contribution in [3.8, 4) is 0 Å². The molecule has 0 radical (unpaired) electrons. The number of hydrogen-bond donors (Lipinski definition) is 2.